The molecule has 8 heteroatoms. The van der Waals surface area contributed by atoms with Crippen molar-refractivity contribution in [2.75, 3.05) is 5.32 Å². The van der Waals surface area contributed by atoms with E-state index in [4.69, 9.17) is 0 Å². The Morgan fingerprint density at radius 1 is 1.12 bits per heavy atom. The molecular formula is C24H26F2N6. The van der Waals surface area contributed by atoms with Crippen molar-refractivity contribution in [2.24, 2.45) is 5.92 Å². The van der Waals surface area contributed by atoms with E-state index in [1.54, 1.807) is 12.3 Å². The number of rotatable bonds is 6. The van der Waals surface area contributed by atoms with E-state index in [1.165, 1.54) is 0 Å². The summed E-state index contributed by atoms with van der Waals surface area (Å²) in [5.41, 5.74) is 4.32. The minimum atomic E-state index is -2.70. The Kier molecular flexibility index (Phi) is 5.15. The second kappa shape index (κ2) is 8.00. The summed E-state index contributed by atoms with van der Waals surface area (Å²) < 4.78 is 32.0. The first-order valence-electron chi connectivity index (χ1n) is 11.0. The van der Waals surface area contributed by atoms with Crippen LogP contribution in [0, 0.1) is 5.92 Å². The minimum Gasteiger partial charge on any atom is -0.361 e. The van der Waals surface area contributed by atoms with Crippen molar-refractivity contribution < 1.29 is 8.78 Å². The zero-order valence-electron chi connectivity index (χ0n) is 18.2. The van der Waals surface area contributed by atoms with Crippen molar-refractivity contribution in [1.82, 2.24) is 24.1 Å². The molecule has 0 saturated heterocycles. The van der Waals surface area contributed by atoms with Gasteiger partial charge in [-0.05, 0) is 43.0 Å². The van der Waals surface area contributed by atoms with Crippen molar-refractivity contribution in [1.29, 1.82) is 0 Å². The molecule has 4 aromatic heterocycles. The van der Waals surface area contributed by atoms with Gasteiger partial charge in [0.15, 0.2) is 0 Å². The minimum absolute atomic E-state index is 0.0753. The third kappa shape index (κ3) is 3.97. The maximum Gasteiger partial charge on any atom is 0.267 e. The van der Waals surface area contributed by atoms with E-state index in [0.29, 0.717) is 30.3 Å². The maximum absolute atomic E-state index is 14.0. The zero-order chi connectivity index (χ0) is 22.3. The molecular weight excluding hydrogens is 410 g/mol. The Hall–Kier alpha value is -3.29. The lowest BCUT2D eigenvalue weighted by Gasteiger charge is -2.21. The van der Waals surface area contributed by atoms with Crippen LogP contribution in [0.3, 0.4) is 0 Å². The number of fused-ring (bicyclic) bond motifs is 1. The van der Waals surface area contributed by atoms with Crippen molar-refractivity contribution in [2.45, 2.75) is 51.6 Å². The SMILES string of the molecule is CC(C)Cn1cc(-c2ccc3ncc(-c4cccc(NC5CCCC5(F)F)n4)n3c2)cn1. The molecule has 1 fully saturated rings. The number of hydrogen-bond acceptors (Lipinski definition) is 4. The van der Waals surface area contributed by atoms with Crippen LogP contribution in [-0.2, 0) is 6.54 Å². The largest absolute Gasteiger partial charge is 0.361 e. The standard InChI is InChI=1S/C24H26F2N6/c1-16(2)13-31-14-18(11-28-31)17-8-9-23-27-12-20(32(23)15-17)19-5-3-7-22(29-19)30-21-6-4-10-24(21,25)26/h3,5,7-9,11-12,14-16,21H,4,6,10,13H2,1-2H3,(H,29,30). The molecule has 4 aromatic rings. The molecule has 0 aliphatic heterocycles. The fraction of sp³-hybridized carbons (Fsp3) is 0.375. The average Bonchev–Trinajstić information content (AvgIpc) is 3.46. The van der Waals surface area contributed by atoms with Crippen molar-refractivity contribution in [3.8, 4) is 22.5 Å². The van der Waals surface area contributed by atoms with Gasteiger partial charge in [-0.25, -0.2) is 18.7 Å². The molecule has 32 heavy (non-hydrogen) atoms. The summed E-state index contributed by atoms with van der Waals surface area (Å²) in [5, 5.41) is 7.40. The van der Waals surface area contributed by atoms with Crippen LogP contribution >= 0.6 is 0 Å². The van der Waals surface area contributed by atoms with Crippen LogP contribution in [0.4, 0.5) is 14.6 Å². The highest BCUT2D eigenvalue weighted by molar-refractivity contribution is 5.67. The van der Waals surface area contributed by atoms with Gasteiger partial charge in [0.25, 0.3) is 5.92 Å². The number of aromatic nitrogens is 5. The first-order valence-corrected chi connectivity index (χ1v) is 11.0. The van der Waals surface area contributed by atoms with Gasteiger partial charge in [-0.15, -0.1) is 0 Å². The fourth-order valence-corrected chi connectivity index (χ4v) is 4.27. The second-order valence-corrected chi connectivity index (χ2v) is 8.89. The number of alkyl halides is 2. The van der Waals surface area contributed by atoms with E-state index in [9.17, 15) is 8.78 Å². The van der Waals surface area contributed by atoms with E-state index in [2.05, 4.69) is 34.2 Å². The molecule has 0 spiro atoms. The summed E-state index contributed by atoms with van der Waals surface area (Å²) in [6.07, 6.45) is 8.58. The molecule has 6 nitrogen and oxygen atoms in total. The summed E-state index contributed by atoms with van der Waals surface area (Å²) >= 11 is 0. The van der Waals surface area contributed by atoms with Crippen molar-refractivity contribution >= 4 is 11.5 Å². The zero-order valence-corrected chi connectivity index (χ0v) is 18.2. The Labute approximate surface area is 185 Å². The van der Waals surface area contributed by atoms with E-state index in [0.717, 1.165) is 29.0 Å². The maximum atomic E-state index is 14.0. The van der Waals surface area contributed by atoms with Crippen LogP contribution in [0.25, 0.3) is 28.2 Å². The average molecular weight is 437 g/mol. The first kappa shape index (κ1) is 20.6. The molecule has 1 aliphatic rings. The molecule has 0 amide bonds. The lowest BCUT2D eigenvalue weighted by atomic mass is 10.1. The van der Waals surface area contributed by atoms with Crippen LogP contribution in [0.1, 0.15) is 33.1 Å². The third-order valence-corrected chi connectivity index (χ3v) is 5.87. The predicted octanol–water partition coefficient (Wildman–Crippen LogP) is 5.52. The van der Waals surface area contributed by atoms with E-state index >= 15 is 0 Å². The number of anilines is 1. The number of nitrogens with zero attached hydrogens (tertiary/aromatic N) is 5. The highest BCUT2D eigenvalue weighted by Crippen LogP contribution is 2.37. The Bertz CT molecular complexity index is 1240. The summed E-state index contributed by atoms with van der Waals surface area (Å²) in [7, 11) is 0. The van der Waals surface area contributed by atoms with Crippen LogP contribution in [0.15, 0.2) is 55.1 Å². The van der Waals surface area contributed by atoms with Gasteiger partial charge in [-0.1, -0.05) is 19.9 Å². The van der Waals surface area contributed by atoms with Gasteiger partial charge >= 0.3 is 0 Å². The van der Waals surface area contributed by atoms with Gasteiger partial charge in [-0.3, -0.25) is 9.08 Å². The Morgan fingerprint density at radius 3 is 2.78 bits per heavy atom. The highest BCUT2D eigenvalue weighted by Gasteiger charge is 2.43. The molecule has 5 rings (SSSR count). The van der Waals surface area contributed by atoms with E-state index < -0.39 is 12.0 Å². The number of nitrogens with one attached hydrogen (secondary N) is 1. The smallest absolute Gasteiger partial charge is 0.267 e. The van der Waals surface area contributed by atoms with Crippen LogP contribution < -0.4 is 5.32 Å². The van der Waals surface area contributed by atoms with Gasteiger partial charge in [-0.2, -0.15) is 5.10 Å². The molecule has 1 atom stereocenters. The first-order chi connectivity index (χ1) is 15.4. The van der Waals surface area contributed by atoms with Gasteiger partial charge in [0, 0.05) is 36.5 Å². The van der Waals surface area contributed by atoms with Crippen LogP contribution in [0.5, 0.6) is 0 Å². The molecule has 4 heterocycles. The van der Waals surface area contributed by atoms with E-state index in [-0.39, 0.29) is 6.42 Å². The summed E-state index contributed by atoms with van der Waals surface area (Å²) in [6, 6.07) is 8.54. The lowest BCUT2D eigenvalue weighted by Crippen LogP contribution is -2.34. The van der Waals surface area contributed by atoms with Crippen molar-refractivity contribution in [3.05, 3.63) is 55.1 Å². The number of pyridine rings is 2. The molecule has 1 saturated carbocycles. The molecule has 1 unspecified atom stereocenters. The van der Waals surface area contributed by atoms with Gasteiger partial charge in [0.2, 0.25) is 0 Å². The van der Waals surface area contributed by atoms with Gasteiger partial charge in [0.05, 0.1) is 29.8 Å². The Balaban J connectivity index is 1.46. The number of halogens is 2. The number of imidazole rings is 1. The van der Waals surface area contributed by atoms with Crippen molar-refractivity contribution in [3.63, 3.8) is 0 Å². The molecule has 0 bridgehead atoms. The number of hydrogen-bond donors (Lipinski definition) is 1. The molecule has 1 aliphatic carbocycles. The third-order valence-electron chi connectivity index (χ3n) is 5.87. The van der Waals surface area contributed by atoms with E-state index in [1.807, 2.05) is 51.9 Å². The predicted molar refractivity (Wildman–Crippen MR) is 121 cm³/mol. The fourth-order valence-electron chi connectivity index (χ4n) is 4.27. The summed E-state index contributed by atoms with van der Waals surface area (Å²) in [6.45, 7) is 5.19. The molecule has 166 valence electrons. The lowest BCUT2D eigenvalue weighted by molar-refractivity contribution is -0.000686. The van der Waals surface area contributed by atoms with Crippen LogP contribution in [0.2, 0.25) is 0 Å². The van der Waals surface area contributed by atoms with Crippen LogP contribution in [-0.4, -0.2) is 36.1 Å². The Morgan fingerprint density at radius 2 is 2.00 bits per heavy atom. The molecule has 1 N–H and O–H groups in total. The van der Waals surface area contributed by atoms with Gasteiger partial charge in [0.1, 0.15) is 11.5 Å². The van der Waals surface area contributed by atoms with Gasteiger partial charge < -0.3 is 5.32 Å². The molecule has 0 radical (unpaired) electrons. The normalized spacial score (nSPS) is 18.0. The highest BCUT2D eigenvalue weighted by atomic mass is 19.3. The quantitative estimate of drug-likeness (QED) is 0.433. The molecule has 0 aromatic carbocycles. The topological polar surface area (TPSA) is 60.0 Å². The summed E-state index contributed by atoms with van der Waals surface area (Å²) in [4.78, 5) is 9.10. The summed E-state index contributed by atoms with van der Waals surface area (Å²) in [5.74, 6) is -1.73. The monoisotopic (exact) mass is 436 g/mol. The second-order valence-electron chi connectivity index (χ2n) is 8.89.